The van der Waals surface area contributed by atoms with Gasteiger partial charge in [0.25, 0.3) is 5.56 Å². The van der Waals surface area contributed by atoms with Gasteiger partial charge in [-0.05, 0) is 12.1 Å². The molecule has 0 fully saturated rings. The summed E-state index contributed by atoms with van der Waals surface area (Å²) in [5, 5.41) is 8.51. The van der Waals surface area contributed by atoms with Gasteiger partial charge in [-0.1, -0.05) is 11.6 Å². The first-order valence-corrected chi connectivity index (χ1v) is 8.04. The summed E-state index contributed by atoms with van der Waals surface area (Å²) < 4.78 is 53.2. The molecule has 0 amide bonds. The van der Waals surface area contributed by atoms with E-state index in [4.69, 9.17) is 16.7 Å². The van der Waals surface area contributed by atoms with Gasteiger partial charge in [-0.15, -0.1) is 11.8 Å². The zero-order valence-electron chi connectivity index (χ0n) is 12.8. The van der Waals surface area contributed by atoms with Crippen molar-refractivity contribution >= 4 is 29.3 Å². The van der Waals surface area contributed by atoms with E-state index in [1.54, 1.807) is 0 Å². The summed E-state index contributed by atoms with van der Waals surface area (Å²) in [5.74, 6) is -2.77. The van der Waals surface area contributed by atoms with Crippen LogP contribution in [-0.2, 0) is 18.0 Å². The Balaban J connectivity index is 2.71. The third-order valence-corrected chi connectivity index (χ3v) is 4.67. The van der Waals surface area contributed by atoms with Crippen LogP contribution in [0.2, 0.25) is 5.02 Å². The minimum atomic E-state index is -4.95. The minimum absolute atomic E-state index is 0.0410. The summed E-state index contributed by atoms with van der Waals surface area (Å²) in [5.41, 5.74) is -4.93. The van der Waals surface area contributed by atoms with Gasteiger partial charge < -0.3 is 5.11 Å². The monoisotopic (exact) mass is 412 g/mol. The number of aromatic nitrogens is 2. The second-order valence-corrected chi connectivity index (χ2v) is 6.38. The first kappa shape index (κ1) is 20.0. The van der Waals surface area contributed by atoms with Gasteiger partial charge in [0, 0.05) is 18.0 Å². The third-order valence-electron chi connectivity index (χ3n) is 3.20. The van der Waals surface area contributed by atoms with Crippen LogP contribution in [0.3, 0.4) is 0 Å². The molecule has 1 N–H and O–H groups in total. The van der Waals surface area contributed by atoms with Crippen molar-refractivity contribution in [3.63, 3.8) is 0 Å². The summed E-state index contributed by atoms with van der Waals surface area (Å²) in [7, 11) is 0.787. The average Bonchev–Trinajstić information content (AvgIpc) is 2.50. The largest absolute Gasteiger partial charge is 0.481 e. The molecule has 140 valence electrons. The Bertz CT molecular complexity index is 1000. The molecule has 2 aromatic rings. The lowest BCUT2D eigenvalue weighted by atomic mass is 10.3. The number of hydrogen-bond acceptors (Lipinski definition) is 4. The van der Waals surface area contributed by atoms with Gasteiger partial charge in [0.2, 0.25) is 0 Å². The second kappa shape index (κ2) is 7.16. The molecule has 0 radical (unpaired) electrons. The van der Waals surface area contributed by atoms with Crippen LogP contribution < -0.4 is 11.2 Å². The fraction of sp³-hybridized carbons (Fsp3) is 0.214. The highest BCUT2D eigenvalue weighted by Gasteiger charge is 2.35. The molecule has 0 aliphatic carbocycles. The summed E-state index contributed by atoms with van der Waals surface area (Å²) in [6.45, 7) is 0. The van der Waals surface area contributed by atoms with Crippen LogP contribution in [0.1, 0.15) is 5.69 Å². The third kappa shape index (κ3) is 3.93. The Kier molecular flexibility index (Phi) is 5.52. The number of carboxylic acid groups (broad SMARTS) is 1. The van der Waals surface area contributed by atoms with Crippen LogP contribution in [0.15, 0.2) is 32.7 Å². The Morgan fingerprint density at radius 2 is 1.88 bits per heavy atom. The number of aliphatic carboxylic acids is 1. The minimum Gasteiger partial charge on any atom is -0.481 e. The van der Waals surface area contributed by atoms with Gasteiger partial charge in [0.05, 0.1) is 16.5 Å². The molecule has 0 unspecified atom stereocenters. The lowest BCUT2D eigenvalue weighted by molar-refractivity contribution is -0.144. The number of thioether (sulfide) groups is 1. The SMILES string of the molecule is Cn1c(C(F)(F)F)cc(=O)n(-c2cc(SCC(=O)O)c(Cl)cc2F)c1=O. The summed E-state index contributed by atoms with van der Waals surface area (Å²) in [6.07, 6.45) is -4.95. The van der Waals surface area contributed by atoms with Gasteiger partial charge in [0.15, 0.2) is 0 Å². The quantitative estimate of drug-likeness (QED) is 0.616. The molecule has 0 saturated heterocycles. The summed E-state index contributed by atoms with van der Waals surface area (Å²) in [6, 6.07) is 1.84. The molecule has 0 spiro atoms. The van der Waals surface area contributed by atoms with Crippen molar-refractivity contribution in [3.05, 3.63) is 55.6 Å². The highest BCUT2D eigenvalue weighted by atomic mass is 35.5. The van der Waals surface area contributed by atoms with Crippen molar-refractivity contribution in [3.8, 4) is 5.69 Å². The van der Waals surface area contributed by atoms with Crippen molar-refractivity contribution < 1.29 is 27.5 Å². The van der Waals surface area contributed by atoms with E-state index in [0.717, 1.165) is 19.2 Å². The molecule has 0 bridgehead atoms. The van der Waals surface area contributed by atoms with Crippen molar-refractivity contribution in [2.45, 2.75) is 11.1 Å². The molecule has 1 aromatic heterocycles. The van der Waals surface area contributed by atoms with E-state index >= 15 is 0 Å². The van der Waals surface area contributed by atoms with Crippen LogP contribution in [-0.4, -0.2) is 26.0 Å². The zero-order valence-corrected chi connectivity index (χ0v) is 14.4. The first-order valence-electron chi connectivity index (χ1n) is 6.67. The zero-order chi connectivity index (χ0) is 19.8. The maximum absolute atomic E-state index is 14.2. The highest BCUT2D eigenvalue weighted by molar-refractivity contribution is 8.00. The predicted molar refractivity (Wildman–Crippen MR) is 85.6 cm³/mol. The first-order chi connectivity index (χ1) is 11.9. The van der Waals surface area contributed by atoms with Crippen LogP contribution in [0.5, 0.6) is 0 Å². The molecule has 1 aromatic carbocycles. The number of hydrogen-bond donors (Lipinski definition) is 1. The lowest BCUT2D eigenvalue weighted by Gasteiger charge is -2.15. The van der Waals surface area contributed by atoms with E-state index in [0.29, 0.717) is 11.8 Å². The average molecular weight is 413 g/mol. The molecule has 1 heterocycles. The molecule has 0 aliphatic heterocycles. The van der Waals surface area contributed by atoms with Gasteiger partial charge in [-0.3, -0.25) is 14.2 Å². The highest BCUT2D eigenvalue weighted by Crippen LogP contribution is 2.31. The smallest absolute Gasteiger partial charge is 0.431 e. The fourth-order valence-corrected chi connectivity index (χ4v) is 3.04. The van der Waals surface area contributed by atoms with Gasteiger partial charge >= 0.3 is 17.8 Å². The predicted octanol–water partition coefficient (Wildman–Crippen LogP) is 2.52. The van der Waals surface area contributed by atoms with Gasteiger partial charge in [-0.2, -0.15) is 13.2 Å². The second-order valence-electron chi connectivity index (χ2n) is 4.96. The maximum Gasteiger partial charge on any atom is 0.431 e. The molecule has 2 rings (SSSR count). The van der Waals surface area contributed by atoms with Crippen LogP contribution in [0, 0.1) is 5.82 Å². The van der Waals surface area contributed by atoms with Crippen molar-refractivity contribution in [2.75, 3.05) is 5.75 Å². The number of rotatable bonds is 4. The molecule has 0 saturated carbocycles. The number of halogens is 5. The number of carbonyl (C=O) groups is 1. The summed E-state index contributed by atoms with van der Waals surface area (Å²) >= 11 is 6.49. The number of benzene rings is 1. The van der Waals surface area contributed by atoms with Crippen LogP contribution >= 0.6 is 23.4 Å². The molecule has 12 heteroatoms. The van der Waals surface area contributed by atoms with Gasteiger partial charge in [0.1, 0.15) is 11.5 Å². The normalized spacial score (nSPS) is 11.6. The van der Waals surface area contributed by atoms with E-state index in [1.165, 1.54) is 0 Å². The molecule has 26 heavy (non-hydrogen) atoms. The molecule has 0 atom stereocenters. The van der Waals surface area contributed by atoms with Crippen LogP contribution in [0.4, 0.5) is 17.6 Å². The number of nitrogens with zero attached hydrogens (tertiary/aromatic N) is 2. The van der Waals surface area contributed by atoms with Crippen molar-refractivity contribution in [1.82, 2.24) is 9.13 Å². The Hall–Kier alpha value is -2.27. The Labute approximate surface area is 151 Å². The Morgan fingerprint density at radius 1 is 1.27 bits per heavy atom. The fourth-order valence-electron chi connectivity index (χ4n) is 2.06. The lowest BCUT2D eigenvalue weighted by Crippen LogP contribution is -2.41. The number of carboxylic acids is 1. The maximum atomic E-state index is 14.2. The van der Waals surface area contributed by atoms with Crippen LogP contribution in [0.25, 0.3) is 5.69 Å². The molecular formula is C14H9ClF4N2O4S. The van der Waals surface area contributed by atoms with E-state index in [9.17, 15) is 31.9 Å². The van der Waals surface area contributed by atoms with E-state index < -0.39 is 46.3 Å². The topological polar surface area (TPSA) is 81.3 Å². The molecule has 0 aliphatic rings. The van der Waals surface area contributed by atoms with Crippen molar-refractivity contribution in [1.29, 1.82) is 0 Å². The standard InChI is InChI=1S/C14H9ClF4N2O4S/c1-20-10(14(17,18)19)4-11(22)21(13(20)25)8-3-9(26-5-12(23)24)6(15)2-7(8)16/h2-4H,5H2,1H3,(H,23,24). The molecule has 6 nitrogen and oxygen atoms in total. The van der Waals surface area contributed by atoms with E-state index in [1.807, 2.05) is 0 Å². The number of alkyl halides is 3. The van der Waals surface area contributed by atoms with Gasteiger partial charge in [-0.25, -0.2) is 13.8 Å². The summed E-state index contributed by atoms with van der Waals surface area (Å²) in [4.78, 5) is 34.9. The molecular weight excluding hydrogens is 404 g/mol. The Morgan fingerprint density at radius 3 is 2.42 bits per heavy atom. The van der Waals surface area contributed by atoms with Crippen molar-refractivity contribution in [2.24, 2.45) is 7.05 Å². The van der Waals surface area contributed by atoms with E-state index in [-0.39, 0.29) is 25.1 Å². The van der Waals surface area contributed by atoms with E-state index in [2.05, 4.69) is 0 Å².